The molecule has 1 aliphatic heterocycles. The van der Waals surface area contributed by atoms with E-state index in [0.717, 1.165) is 29.5 Å². The molecule has 0 bridgehead atoms. The summed E-state index contributed by atoms with van der Waals surface area (Å²) in [5.41, 5.74) is 4.31. The molecule has 1 atom stereocenters. The molecule has 1 unspecified atom stereocenters. The van der Waals surface area contributed by atoms with Crippen LogP contribution in [0.1, 0.15) is 28.3 Å². The second-order valence-corrected chi connectivity index (χ2v) is 5.78. The van der Waals surface area contributed by atoms with Crippen molar-refractivity contribution in [2.45, 2.75) is 26.3 Å². The molecule has 23 heavy (non-hydrogen) atoms. The quantitative estimate of drug-likeness (QED) is 0.495. The van der Waals surface area contributed by atoms with Gasteiger partial charge >= 0.3 is 0 Å². The first kappa shape index (κ1) is 15.1. The lowest BCUT2D eigenvalue weighted by molar-refractivity contribution is -0.385. The molecule has 0 N–H and O–H groups in total. The van der Waals surface area contributed by atoms with Gasteiger partial charge in [0.05, 0.1) is 16.8 Å². The zero-order chi connectivity index (χ0) is 16.6. The van der Waals surface area contributed by atoms with Gasteiger partial charge in [-0.15, -0.1) is 0 Å². The van der Waals surface area contributed by atoms with Crippen LogP contribution >= 0.6 is 0 Å². The van der Waals surface area contributed by atoms with E-state index >= 15 is 0 Å². The lowest BCUT2D eigenvalue weighted by Crippen LogP contribution is -2.37. The van der Waals surface area contributed by atoms with Crippen molar-refractivity contribution >= 4 is 17.7 Å². The standard InChI is InChI=1S/C17H17N3O3/c1-11-3-5-18-9-16(11)19-6-4-13-7-12(2)15(20(22)23)8-14(13)17(19)10-21/h3,5,7-10,17H,4,6H2,1-2H3. The van der Waals surface area contributed by atoms with E-state index in [4.69, 9.17) is 0 Å². The smallest absolute Gasteiger partial charge is 0.272 e. The maximum absolute atomic E-state index is 11.8. The monoisotopic (exact) mass is 311 g/mol. The number of aldehydes is 1. The van der Waals surface area contributed by atoms with E-state index in [0.29, 0.717) is 17.7 Å². The van der Waals surface area contributed by atoms with Crippen LogP contribution in [-0.4, -0.2) is 22.7 Å². The number of carbonyl (C=O) groups excluding carboxylic acids is 1. The van der Waals surface area contributed by atoms with Gasteiger partial charge in [-0.2, -0.15) is 0 Å². The molecule has 3 rings (SSSR count). The van der Waals surface area contributed by atoms with Gasteiger partial charge in [0.25, 0.3) is 5.69 Å². The number of nitrogens with zero attached hydrogens (tertiary/aromatic N) is 3. The number of hydrogen-bond acceptors (Lipinski definition) is 5. The van der Waals surface area contributed by atoms with Crippen molar-refractivity contribution in [1.29, 1.82) is 0 Å². The summed E-state index contributed by atoms with van der Waals surface area (Å²) in [5, 5.41) is 11.2. The highest BCUT2D eigenvalue weighted by molar-refractivity contribution is 5.73. The van der Waals surface area contributed by atoms with Gasteiger partial charge in [0.15, 0.2) is 0 Å². The predicted molar refractivity (Wildman–Crippen MR) is 86.7 cm³/mol. The van der Waals surface area contributed by atoms with Gasteiger partial charge in [-0.25, -0.2) is 0 Å². The molecule has 2 aromatic rings. The first-order chi connectivity index (χ1) is 11.0. The number of carbonyl (C=O) groups is 1. The second-order valence-electron chi connectivity index (χ2n) is 5.78. The Morgan fingerprint density at radius 3 is 2.78 bits per heavy atom. The van der Waals surface area contributed by atoms with Crippen LogP contribution in [0.2, 0.25) is 0 Å². The molecule has 1 aromatic heterocycles. The summed E-state index contributed by atoms with van der Waals surface area (Å²) in [4.78, 5) is 28.7. The minimum atomic E-state index is -0.527. The topological polar surface area (TPSA) is 76.3 Å². The molecule has 0 aliphatic carbocycles. The molecular weight excluding hydrogens is 294 g/mol. The highest BCUT2D eigenvalue weighted by Crippen LogP contribution is 2.36. The molecule has 0 fully saturated rings. The molecule has 0 amide bonds. The largest absolute Gasteiger partial charge is 0.356 e. The number of hydrogen-bond donors (Lipinski definition) is 0. The number of pyridine rings is 1. The summed E-state index contributed by atoms with van der Waals surface area (Å²) in [6.07, 6.45) is 5.04. The van der Waals surface area contributed by atoms with E-state index in [1.165, 1.54) is 0 Å². The number of anilines is 1. The van der Waals surface area contributed by atoms with Crippen molar-refractivity contribution < 1.29 is 9.72 Å². The van der Waals surface area contributed by atoms with Gasteiger partial charge in [0, 0.05) is 24.4 Å². The number of nitro groups is 1. The molecule has 2 heterocycles. The van der Waals surface area contributed by atoms with Gasteiger partial charge in [-0.3, -0.25) is 15.1 Å². The third kappa shape index (κ3) is 2.56. The zero-order valence-corrected chi connectivity index (χ0v) is 13.0. The molecule has 0 saturated heterocycles. The minimum Gasteiger partial charge on any atom is -0.356 e. The Morgan fingerprint density at radius 2 is 2.13 bits per heavy atom. The zero-order valence-electron chi connectivity index (χ0n) is 13.0. The third-order valence-corrected chi connectivity index (χ3v) is 4.38. The van der Waals surface area contributed by atoms with Gasteiger partial charge in [0.1, 0.15) is 12.3 Å². The van der Waals surface area contributed by atoms with Crippen LogP contribution in [0.25, 0.3) is 0 Å². The number of aryl methyl sites for hydroxylation is 2. The SMILES string of the molecule is Cc1ccncc1N1CCc2cc(C)c([N+](=O)[O-])cc2C1C=O. The summed E-state index contributed by atoms with van der Waals surface area (Å²) in [5.74, 6) is 0. The van der Waals surface area contributed by atoms with Crippen LogP contribution in [0.4, 0.5) is 11.4 Å². The molecule has 0 saturated carbocycles. The Hall–Kier alpha value is -2.76. The van der Waals surface area contributed by atoms with Crippen LogP contribution in [-0.2, 0) is 11.2 Å². The highest BCUT2D eigenvalue weighted by atomic mass is 16.6. The fourth-order valence-electron chi connectivity index (χ4n) is 3.18. The molecule has 1 aliphatic rings. The fourth-order valence-corrected chi connectivity index (χ4v) is 3.18. The molecule has 6 nitrogen and oxygen atoms in total. The number of fused-ring (bicyclic) bond motifs is 1. The van der Waals surface area contributed by atoms with E-state index in [1.807, 2.05) is 24.0 Å². The molecule has 0 spiro atoms. The van der Waals surface area contributed by atoms with E-state index in [1.54, 1.807) is 25.4 Å². The van der Waals surface area contributed by atoms with Crippen molar-refractivity contribution in [2.75, 3.05) is 11.4 Å². The van der Waals surface area contributed by atoms with Crippen LogP contribution in [0.5, 0.6) is 0 Å². The summed E-state index contributed by atoms with van der Waals surface area (Å²) in [7, 11) is 0. The Balaban J connectivity index is 2.11. The van der Waals surface area contributed by atoms with Crippen LogP contribution < -0.4 is 4.90 Å². The summed E-state index contributed by atoms with van der Waals surface area (Å²) < 4.78 is 0. The van der Waals surface area contributed by atoms with Crippen LogP contribution in [0.3, 0.4) is 0 Å². The minimum absolute atomic E-state index is 0.0559. The Bertz CT molecular complexity index is 789. The first-order valence-electron chi connectivity index (χ1n) is 7.43. The van der Waals surface area contributed by atoms with E-state index in [9.17, 15) is 14.9 Å². The maximum Gasteiger partial charge on any atom is 0.272 e. The molecule has 118 valence electrons. The van der Waals surface area contributed by atoms with E-state index < -0.39 is 11.0 Å². The summed E-state index contributed by atoms with van der Waals surface area (Å²) in [6, 6.07) is 4.74. The summed E-state index contributed by atoms with van der Waals surface area (Å²) in [6.45, 7) is 4.37. The number of benzene rings is 1. The van der Waals surface area contributed by atoms with Gasteiger partial charge < -0.3 is 9.69 Å². The Morgan fingerprint density at radius 1 is 1.35 bits per heavy atom. The van der Waals surface area contributed by atoms with E-state index in [2.05, 4.69) is 4.98 Å². The Labute approximate surface area is 133 Å². The van der Waals surface area contributed by atoms with Crippen molar-refractivity contribution in [2.24, 2.45) is 0 Å². The number of nitro benzene ring substituents is 1. The molecule has 6 heteroatoms. The average Bonchev–Trinajstić information content (AvgIpc) is 2.53. The lowest BCUT2D eigenvalue weighted by atomic mass is 9.90. The normalized spacial score (nSPS) is 16.8. The fraction of sp³-hybridized carbons (Fsp3) is 0.294. The van der Waals surface area contributed by atoms with Crippen LogP contribution in [0.15, 0.2) is 30.6 Å². The third-order valence-electron chi connectivity index (χ3n) is 4.38. The van der Waals surface area contributed by atoms with Crippen molar-refractivity contribution in [3.63, 3.8) is 0 Å². The second kappa shape index (κ2) is 5.79. The number of aromatic nitrogens is 1. The van der Waals surface area contributed by atoms with Crippen molar-refractivity contribution in [3.8, 4) is 0 Å². The molecule has 1 aromatic carbocycles. The summed E-state index contributed by atoms with van der Waals surface area (Å²) >= 11 is 0. The van der Waals surface area contributed by atoms with Gasteiger partial charge in [0.2, 0.25) is 0 Å². The highest BCUT2D eigenvalue weighted by Gasteiger charge is 2.30. The molecular formula is C17H17N3O3. The van der Waals surface area contributed by atoms with E-state index in [-0.39, 0.29) is 5.69 Å². The van der Waals surface area contributed by atoms with Crippen LogP contribution in [0, 0.1) is 24.0 Å². The van der Waals surface area contributed by atoms with Crippen molar-refractivity contribution in [1.82, 2.24) is 4.98 Å². The van der Waals surface area contributed by atoms with Crippen molar-refractivity contribution in [3.05, 3.63) is 63.0 Å². The predicted octanol–water partition coefficient (Wildman–Crippen LogP) is 2.91. The lowest BCUT2D eigenvalue weighted by Gasteiger charge is -2.36. The number of rotatable bonds is 3. The van der Waals surface area contributed by atoms with Gasteiger partial charge in [-0.05, 0) is 49.1 Å². The Kier molecular flexibility index (Phi) is 3.82. The van der Waals surface area contributed by atoms with Gasteiger partial charge in [-0.1, -0.05) is 0 Å². The average molecular weight is 311 g/mol. The maximum atomic E-state index is 11.8. The molecule has 0 radical (unpaired) electrons. The first-order valence-corrected chi connectivity index (χ1v) is 7.43.